The summed E-state index contributed by atoms with van der Waals surface area (Å²) in [7, 11) is 0. The second kappa shape index (κ2) is 10.8. The summed E-state index contributed by atoms with van der Waals surface area (Å²) in [6.07, 6.45) is 4.40. The number of hydrogen-bond donors (Lipinski definition) is 0. The van der Waals surface area contributed by atoms with Gasteiger partial charge in [0.15, 0.2) is 0 Å². The van der Waals surface area contributed by atoms with Crippen LogP contribution in [0.2, 0.25) is 0 Å². The lowest BCUT2D eigenvalue weighted by Crippen LogP contribution is -2.45. The van der Waals surface area contributed by atoms with Gasteiger partial charge in [-0.05, 0) is 76.5 Å². The number of anilines is 2. The Morgan fingerprint density at radius 2 is 1.64 bits per heavy atom. The Morgan fingerprint density at radius 3 is 2.42 bits per heavy atom. The molecule has 0 bridgehead atoms. The van der Waals surface area contributed by atoms with Crippen molar-refractivity contribution in [3.05, 3.63) is 59.8 Å². The van der Waals surface area contributed by atoms with Crippen LogP contribution in [0.4, 0.5) is 20.2 Å². The van der Waals surface area contributed by atoms with Gasteiger partial charge in [0.25, 0.3) is 0 Å². The minimum atomic E-state index is -0.526. The Labute approximate surface area is 213 Å². The van der Waals surface area contributed by atoms with E-state index in [9.17, 15) is 8.78 Å². The Hall–Kier alpha value is -2.64. The van der Waals surface area contributed by atoms with Crippen LogP contribution >= 0.6 is 0 Å². The second-order valence-electron chi connectivity index (χ2n) is 10.5. The fourth-order valence-corrected chi connectivity index (χ4v) is 6.02. The largest absolute Gasteiger partial charge is 0.372 e. The third kappa shape index (κ3) is 5.37. The van der Waals surface area contributed by atoms with Crippen LogP contribution in [0.25, 0.3) is 10.9 Å². The molecule has 36 heavy (non-hydrogen) atoms. The summed E-state index contributed by atoms with van der Waals surface area (Å²) in [5, 5.41) is 0.622. The summed E-state index contributed by atoms with van der Waals surface area (Å²) in [5.74, 6) is -1.01. The first-order chi connectivity index (χ1) is 17.4. The van der Waals surface area contributed by atoms with Crippen molar-refractivity contribution in [3.8, 4) is 0 Å². The molecular formula is C29H38F2N4O. The van der Waals surface area contributed by atoms with Gasteiger partial charge in [-0.25, -0.2) is 8.78 Å². The van der Waals surface area contributed by atoms with Crippen LogP contribution in [-0.4, -0.2) is 67.5 Å². The van der Waals surface area contributed by atoms with E-state index >= 15 is 0 Å². The minimum absolute atomic E-state index is 0.241. The number of ether oxygens (including phenoxy) is 1. The number of aryl methyl sites for hydroxylation is 1. The molecule has 0 N–H and O–H groups in total. The predicted octanol–water partition coefficient (Wildman–Crippen LogP) is 5.44. The molecule has 2 unspecified atom stereocenters. The molecule has 0 amide bonds. The molecular weight excluding hydrogens is 458 g/mol. The molecule has 2 aliphatic rings. The first-order valence-corrected chi connectivity index (χ1v) is 13.3. The number of benzene rings is 2. The van der Waals surface area contributed by atoms with Crippen molar-refractivity contribution >= 4 is 22.3 Å². The SMILES string of the molecule is Cc1c(N2CCCN(CCCn3ccc4cc(F)cc(F)c43)CC2)cccc1N1CC(C)OC(C)C1. The molecule has 0 saturated carbocycles. The van der Waals surface area contributed by atoms with E-state index in [1.807, 2.05) is 10.8 Å². The lowest BCUT2D eigenvalue weighted by molar-refractivity contribution is -0.00524. The molecule has 7 heteroatoms. The summed E-state index contributed by atoms with van der Waals surface area (Å²) in [5.41, 5.74) is 4.51. The van der Waals surface area contributed by atoms with Crippen molar-refractivity contribution in [2.24, 2.45) is 0 Å². The van der Waals surface area contributed by atoms with Crippen LogP contribution in [0, 0.1) is 18.6 Å². The molecule has 0 radical (unpaired) electrons. The number of rotatable bonds is 6. The normalized spacial score (nSPS) is 21.8. The number of nitrogens with zero attached hydrogens (tertiary/aromatic N) is 4. The van der Waals surface area contributed by atoms with Crippen LogP contribution in [0.3, 0.4) is 0 Å². The zero-order chi connectivity index (χ0) is 25.2. The van der Waals surface area contributed by atoms with Crippen LogP contribution in [0.5, 0.6) is 0 Å². The Kier molecular flexibility index (Phi) is 7.49. The van der Waals surface area contributed by atoms with Crippen LogP contribution in [0.1, 0.15) is 32.3 Å². The Morgan fingerprint density at radius 1 is 0.889 bits per heavy atom. The number of morpholine rings is 1. The standard InChI is InChI=1S/C29H38F2N4O/c1-21-19-35(20-22(2)36-21)28-8-4-7-27(23(28)3)33-12-5-10-32(15-16-33)11-6-13-34-14-9-24-17-25(30)18-26(31)29(24)34/h4,7-9,14,17-18,21-22H,5-6,10-13,15-16,19-20H2,1-3H3. The third-order valence-corrected chi connectivity index (χ3v) is 7.62. The fourth-order valence-electron chi connectivity index (χ4n) is 6.02. The summed E-state index contributed by atoms with van der Waals surface area (Å²) in [6, 6.07) is 10.9. The van der Waals surface area contributed by atoms with Gasteiger partial charge >= 0.3 is 0 Å². The average molecular weight is 497 g/mol. The highest BCUT2D eigenvalue weighted by Crippen LogP contribution is 2.32. The van der Waals surface area contributed by atoms with E-state index in [4.69, 9.17) is 4.74 Å². The molecule has 0 spiro atoms. The maximum Gasteiger partial charge on any atom is 0.150 e. The van der Waals surface area contributed by atoms with Gasteiger partial charge in [-0.2, -0.15) is 0 Å². The summed E-state index contributed by atoms with van der Waals surface area (Å²) < 4.78 is 35.7. The maximum atomic E-state index is 14.3. The molecule has 1 aromatic heterocycles. The van der Waals surface area contributed by atoms with Crippen molar-refractivity contribution < 1.29 is 13.5 Å². The highest BCUT2D eigenvalue weighted by molar-refractivity contribution is 5.80. The summed E-state index contributed by atoms with van der Waals surface area (Å²) in [6.45, 7) is 14.3. The molecule has 2 saturated heterocycles. The first kappa shape index (κ1) is 25.0. The quantitative estimate of drug-likeness (QED) is 0.453. The molecule has 3 heterocycles. The predicted molar refractivity (Wildman–Crippen MR) is 143 cm³/mol. The van der Waals surface area contributed by atoms with Gasteiger partial charge in [-0.3, -0.25) is 0 Å². The lowest BCUT2D eigenvalue weighted by atomic mass is 10.1. The number of halogens is 2. The van der Waals surface area contributed by atoms with E-state index < -0.39 is 11.6 Å². The van der Waals surface area contributed by atoms with E-state index in [0.717, 1.165) is 71.3 Å². The van der Waals surface area contributed by atoms with Gasteiger partial charge in [0, 0.05) is 68.3 Å². The van der Waals surface area contributed by atoms with Gasteiger partial charge in [-0.1, -0.05) is 6.07 Å². The van der Waals surface area contributed by atoms with Crippen LogP contribution < -0.4 is 9.80 Å². The molecule has 194 valence electrons. The van der Waals surface area contributed by atoms with E-state index in [0.29, 0.717) is 10.9 Å². The average Bonchev–Trinajstić information content (AvgIpc) is 3.08. The van der Waals surface area contributed by atoms with Crippen molar-refractivity contribution in [2.45, 2.75) is 52.4 Å². The zero-order valence-corrected chi connectivity index (χ0v) is 21.7. The monoisotopic (exact) mass is 496 g/mol. The lowest BCUT2D eigenvalue weighted by Gasteiger charge is -2.38. The van der Waals surface area contributed by atoms with Crippen LogP contribution in [-0.2, 0) is 11.3 Å². The Balaban J connectivity index is 1.19. The van der Waals surface area contributed by atoms with Gasteiger partial charge < -0.3 is 24.0 Å². The van der Waals surface area contributed by atoms with E-state index in [1.54, 1.807) is 6.07 Å². The van der Waals surface area contributed by atoms with E-state index in [2.05, 4.69) is 53.7 Å². The number of fused-ring (bicyclic) bond motifs is 1. The van der Waals surface area contributed by atoms with Crippen molar-refractivity contribution in [1.29, 1.82) is 0 Å². The van der Waals surface area contributed by atoms with E-state index in [-0.39, 0.29) is 12.2 Å². The molecule has 2 fully saturated rings. The highest BCUT2D eigenvalue weighted by Gasteiger charge is 2.25. The molecule has 2 atom stereocenters. The van der Waals surface area contributed by atoms with Gasteiger partial charge in [0.05, 0.1) is 17.7 Å². The third-order valence-electron chi connectivity index (χ3n) is 7.62. The zero-order valence-electron chi connectivity index (χ0n) is 21.7. The second-order valence-corrected chi connectivity index (χ2v) is 10.5. The smallest absolute Gasteiger partial charge is 0.150 e. The molecule has 2 aromatic carbocycles. The first-order valence-electron chi connectivity index (χ1n) is 13.3. The number of hydrogen-bond acceptors (Lipinski definition) is 4. The van der Waals surface area contributed by atoms with Crippen molar-refractivity contribution in [1.82, 2.24) is 9.47 Å². The molecule has 5 rings (SSSR count). The van der Waals surface area contributed by atoms with Gasteiger partial charge in [0.2, 0.25) is 0 Å². The van der Waals surface area contributed by atoms with Crippen molar-refractivity contribution in [2.75, 3.05) is 55.6 Å². The maximum absolute atomic E-state index is 14.3. The van der Waals surface area contributed by atoms with E-state index in [1.165, 1.54) is 23.0 Å². The highest BCUT2D eigenvalue weighted by atomic mass is 19.1. The summed E-state index contributed by atoms with van der Waals surface area (Å²) >= 11 is 0. The molecule has 2 aliphatic heterocycles. The van der Waals surface area contributed by atoms with Gasteiger partial charge in [-0.15, -0.1) is 0 Å². The van der Waals surface area contributed by atoms with Crippen molar-refractivity contribution in [3.63, 3.8) is 0 Å². The minimum Gasteiger partial charge on any atom is -0.372 e. The fraction of sp³-hybridized carbons (Fsp3) is 0.517. The molecule has 3 aromatic rings. The molecule has 0 aliphatic carbocycles. The van der Waals surface area contributed by atoms with Crippen LogP contribution in [0.15, 0.2) is 42.6 Å². The van der Waals surface area contributed by atoms with Gasteiger partial charge in [0.1, 0.15) is 11.6 Å². The Bertz CT molecular complexity index is 1190. The number of aromatic nitrogens is 1. The molecule has 5 nitrogen and oxygen atoms in total. The summed E-state index contributed by atoms with van der Waals surface area (Å²) in [4.78, 5) is 7.53. The topological polar surface area (TPSA) is 23.9 Å².